The molecule has 0 aromatic heterocycles. The lowest BCUT2D eigenvalue weighted by molar-refractivity contribution is -0.131. The molecule has 1 rings (SSSR count). The molecule has 2 N–H and O–H groups in total. The molecule has 1 aromatic rings. The van der Waals surface area contributed by atoms with Crippen LogP contribution in [0.15, 0.2) is 24.3 Å². The van der Waals surface area contributed by atoms with Gasteiger partial charge in [-0.1, -0.05) is 31.2 Å². The molecule has 0 aliphatic carbocycles. The molecule has 0 spiro atoms. The summed E-state index contributed by atoms with van der Waals surface area (Å²) in [5, 5.41) is 0. The molecule has 0 aliphatic heterocycles. The van der Waals surface area contributed by atoms with Gasteiger partial charge in [-0.05, 0) is 17.5 Å². The molecule has 0 aliphatic rings. The number of hydrogen-bond donors (Lipinski definition) is 1. The summed E-state index contributed by atoms with van der Waals surface area (Å²) < 4.78 is 5.32. The third kappa shape index (κ3) is 5.85. The van der Waals surface area contributed by atoms with Crippen molar-refractivity contribution >= 4 is 5.91 Å². The van der Waals surface area contributed by atoms with Crippen molar-refractivity contribution in [3.8, 4) is 0 Å². The van der Waals surface area contributed by atoms with Crippen LogP contribution in [0.2, 0.25) is 0 Å². The average molecular weight is 264 g/mol. The molecule has 4 nitrogen and oxygen atoms in total. The highest BCUT2D eigenvalue weighted by Gasteiger charge is 2.08. The van der Waals surface area contributed by atoms with Gasteiger partial charge in [0, 0.05) is 26.7 Å². The Bertz CT molecular complexity index is 376. The van der Waals surface area contributed by atoms with Crippen molar-refractivity contribution in [3.05, 3.63) is 35.4 Å². The summed E-state index contributed by atoms with van der Waals surface area (Å²) in [5.41, 5.74) is 7.77. The van der Waals surface area contributed by atoms with Gasteiger partial charge in [0.15, 0.2) is 0 Å². The van der Waals surface area contributed by atoms with E-state index in [9.17, 15) is 4.79 Å². The van der Waals surface area contributed by atoms with Crippen LogP contribution < -0.4 is 5.73 Å². The van der Waals surface area contributed by atoms with Gasteiger partial charge in [0.05, 0.1) is 13.0 Å². The van der Waals surface area contributed by atoms with Crippen LogP contribution >= 0.6 is 0 Å². The van der Waals surface area contributed by atoms with Gasteiger partial charge in [0.1, 0.15) is 0 Å². The SMILES string of the molecule is CCCOCCC(=O)N(C)Cc1ccc(CN)cc1. The quantitative estimate of drug-likeness (QED) is 0.730. The number of carbonyl (C=O) groups is 1. The van der Waals surface area contributed by atoms with Crippen molar-refractivity contribution in [1.82, 2.24) is 4.90 Å². The van der Waals surface area contributed by atoms with Crippen molar-refractivity contribution in [2.24, 2.45) is 5.73 Å². The van der Waals surface area contributed by atoms with E-state index in [0.29, 0.717) is 26.1 Å². The highest BCUT2D eigenvalue weighted by atomic mass is 16.5. The van der Waals surface area contributed by atoms with Gasteiger partial charge in [-0.25, -0.2) is 0 Å². The molecular weight excluding hydrogens is 240 g/mol. The Morgan fingerprint density at radius 1 is 1.21 bits per heavy atom. The van der Waals surface area contributed by atoms with Crippen LogP contribution in [0.5, 0.6) is 0 Å². The van der Waals surface area contributed by atoms with Crippen molar-refractivity contribution in [2.75, 3.05) is 20.3 Å². The molecule has 0 bridgehead atoms. The molecule has 0 saturated heterocycles. The third-order valence-electron chi connectivity index (χ3n) is 2.91. The number of ether oxygens (including phenoxy) is 1. The number of benzene rings is 1. The monoisotopic (exact) mass is 264 g/mol. The summed E-state index contributed by atoms with van der Waals surface area (Å²) in [4.78, 5) is 13.6. The Labute approximate surface area is 115 Å². The number of carbonyl (C=O) groups excluding carboxylic acids is 1. The number of rotatable bonds is 8. The van der Waals surface area contributed by atoms with Crippen LogP contribution in [0.1, 0.15) is 30.9 Å². The Morgan fingerprint density at radius 3 is 2.42 bits per heavy atom. The summed E-state index contributed by atoms with van der Waals surface area (Å²) in [6, 6.07) is 8.02. The molecule has 0 fully saturated rings. The van der Waals surface area contributed by atoms with Crippen molar-refractivity contribution in [3.63, 3.8) is 0 Å². The summed E-state index contributed by atoms with van der Waals surface area (Å²) in [6.07, 6.45) is 1.43. The molecule has 1 aromatic carbocycles. The summed E-state index contributed by atoms with van der Waals surface area (Å²) in [5.74, 6) is 0.110. The first-order valence-electron chi connectivity index (χ1n) is 6.77. The number of hydrogen-bond acceptors (Lipinski definition) is 3. The minimum absolute atomic E-state index is 0.110. The van der Waals surface area contributed by atoms with Gasteiger partial charge >= 0.3 is 0 Å². The topological polar surface area (TPSA) is 55.6 Å². The lowest BCUT2D eigenvalue weighted by Crippen LogP contribution is -2.27. The number of nitrogens with zero attached hydrogens (tertiary/aromatic N) is 1. The minimum Gasteiger partial charge on any atom is -0.381 e. The predicted octanol–water partition coefficient (Wildman–Crippen LogP) is 1.92. The maximum Gasteiger partial charge on any atom is 0.224 e. The van der Waals surface area contributed by atoms with E-state index < -0.39 is 0 Å². The Hall–Kier alpha value is -1.39. The maximum atomic E-state index is 11.9. The van der Waals surface area contributed by atoms with Crippen molar-refractivity contribution in [2.45, 2.75) is 32.9 Å². The van der Waals surface area contributed by atoms with Gasteiger partial charge in [-0.3, -0.25) is 4.79 Å². The summed E-state index contributed by atoms with van der Waals surface area (Å²) >= 11 is 0. The van der Waals surface area contributed by atoms with E-state index in [1.807, 2.05) is 31.3 Å². The molecule has 19 heavy (non-hydrogen) atoms. The minimum atomic E-state index is 0.110. The van der Waals surface area contributed by atoms with Crippen molar-refractivity contribution < 1.29 is 9.53 Å². The van der Waals surface area contributed by atoms with Crippen LogP contribution in [0, 0.1) is 0 Å². The largest absolute Gasteiger partial charge is 0.381 e. The van der Waals surface area contributed by atoms with Gasteiger partial charge in [0.25, 0.3) is 0 Å². The van der Waals surface area contributed by atoms with Crippen LogP contribution in [0.3, 0.4) is 0 Å². The van der Waals surface area contributed by atoms with E-state index in [-0.39, 0.29) is 5.91 Å². The number of nitrogens with two attached hydrogens (primary N) is 1. The lowest BCUT2D eigenvalue weighted by atomic mass is 10.1. The van der Waals surface area contributed by atoms with Gasteiger partial charge in [0.2, 0.25) is 5.91 Å². The average Bonchev–Trinajstić information content (AvgIpc) is 2.44. The second kappa shape index (κ2) is 8.67. The first-order chi connectivity index (χ1) is 9.17. The normalized spacial score (nSPS) is 10.5. The smallest absolute Gasteiger partial charge is 0.224 e. The molecule has 1 amide bonds. The highest BCUT2D eigenvalue weighted by molar-refractivity contribution is 5.75. The van der Waals surface area contributed by atoms with Crippen LogP contribution in [0.4, 0.5) is 0 Å². The standard InChI is InChI=1S/C15H24N2O2/c1-3-9-19-10-8-15(18)17(2)12-14-6-4-13(11-16)5-7-14/h4-7H,3,8-12,16H2,1-2H3. The fourth-order valence-electron chi connectivity index (χ4n) is 1.74. The zero-order valence-electron chi connectivity index (χ0n) is 11.9. The van der Waals surface area contributed by atoms with Crippen LogP contribution in [-0.4, -0.2) is 31.1 Å². The Balaban J connectivity index is 2.35. The lowest BCUT2D eigenvalue weighted by Gasteiger charge is -2.17. The fourth-order valence-corrected chi connectivity index (χ4v) is 1.74. The van der Waals surface area contributed by atoms with E-state index in [4.69, 9.17) is 10.5 Å². The molecule has 0 heterocycles. The summed E-state index contributed by atoms with van der Waals surface area (Å²) in [6.45, 7) is 4.45. The fraction of sp³-hybridized carbons (Fsp3) is 0.533. The first kappa shape index (κ1) is 15.7. The molecule has 0 radical (unpaired) electrons. The van der Waals surface area contributed by atoms with Crippen LogP contribution in [-0.2, 0) is 22.6 Å². The third-order valence-corrected chi connectivity index (χ3v) is 2.91. The van der Waals surface area contributed by atoms with E-state index >= 15 is 0 Å². The second-order valence-electron chi connectivity index (χ2n) is 4.63. The molecule has 0 atom stereocenters. The summed E-state index contributed by atoms with van der Waals surface area (Å²) in [7, 11) is 1.82. The van der Waals surface area contributed by atoms with Crippen molar-refractivity contribution in [1.29, 1.82) is 0 Å². The maximum absolute atomic E-state index is 11.9. The first-order valence-corrected chi connectivity index (χ1v) is 6.77. The van der Waals surface area contributed by atoms with E-state index in [1.54, 1.807) is 4.90 Å². The van der Waals surface area contributed by atoms with E-state index in [1.165, 1.54) is 0 Å². The molecule has 4 heteroatoms. The van der Waals surface area contributed by atoms with E-state index in [0.717, 1.165) is 24.2 Å². The van der Waals surface area contributed by atoms with Gasteiger partial charge < -0.3 is 15.4 Å². The van der Waals surface area contributed by atoms with E-state index in [2.05, 4.69) is 6.92 Å². The van der Waals surface area contributed by atoms with Gasteiger partial charge in [-0.2, -0.15) is 0 Å². The van der Waals surface area contributed by atoms with Gasteiger partial charge in [-0.15, -0.1) is 0 Å². The molecular formula is C15H24N2O2. The highest BCUT2D eigenvalue weighted by Crippen LogP contribution is 2.07. The van der Waals surface area contributed by atoms with Crippen LogP contribution in [0.25, 0.3) is 0 Å². The predicted molar refractivity (Wildman–Crippen MR) is 76.5 cm³/mol. The molecule has 0 unspecified atom stereocenters. The zero-order valence-corrected chi connectivity index (χ0v) is 11.9. The molecule has 0 saturated carbocycles. The zero-order chi connectivity index (χ0) is 14.1. The Morgan fingerprint density at radius 2 is 1.84 bits per heavy atom. The number of amides is 1. The second-order valence-corrected chi connectivity index (χ2v) is 4.63. The Kier molecular flexibility index (Phi) is 7.15. The molecule has 106 valence electrons.